The van der Waals surface area contributed by atoms with Gasteiger partial charge in [-0.15, -0.1) is 0 Å². The number of methoxy groups -OCH3 is 2. The monoisotopic (exact) mass is 404 g/mol. The van der Waals surface area contributed by atoms with Crippen molar-refractivity contribution in [2.24, 2.45) is 0 Å². The molecule has 8 nitrogen and oxygen atoms in total. The Hall–Kier alpha value is -3.07. The Labute approximate surface area is 163 Å². The van der Waals surface area contributed by atoms with Crippen molar-refractivity contribution in [3.63, 3.8) is 0 Å². The van der Waals surface area contributed by atoms with Crippen LogP contribution in [0.15, 0.2) is 41.3 Å². The molecule has 0 aliphatic carbocycles. The van der Waals surface area contributed by atoms with Crippen molar-refractivity contribution in [2.45, 2.75) is 24.7 Å². The molecule has 148 valence electrons. The van der Waals surface area contributed by atoms with Crippen LogP contribution in [0.3, 0.4) is 0 Å². The molecule has 2 aromatic rings. The van der Waals surface area contributed by atoms with E-state index in [4.69, 9.17) is 9.47 Å². The van der Waals surface area contributed by atoms with Crippen LogP contribution in [0, 0.1) is 6.92 Å². The molecule has 0 spiro atoms. The van der Waals surface area contributed by atoms with E-state index in [0.29, 0.717) is 5.75 Å². The van der Waals surface area contributed by atoms with E-state index in [1.54, 1.807) is 18.2 Å². The number of hydrogen-bond acceptors (Lipinski definition) is 6. The molecule has 0 saturated carbocycles. The Balaban J connectivity index is 2.06. The highest BCUT2D eigenvalue weighted by atomic mass is 32.2. The van der Waals surface area contributed by atoms with Gasteiger partial charge in [-0.2, -0.15) is 0 Å². The number of hydrogen-bond donors (Lipinski definition) is 1. The maximum absolute atomic E-state index is 13.1. The predicted octanol–water partition coefficient (Wildman–Crippen LogP) is 2.47. The van der Waals surface area contributed by atoms with Crippen LogP contribution in [0.4, 0.5) is 11.4 Å². The second-order valence-electron chi connectivity index (χ2n) is 6.27. The van der Waals surface area contributed by atoms with Crippen LogP contribution in [0.25, 0.3) is 0 Å². The average Bonchev–Trinajstić information content (AvgIpc) is 2.99. The summed E-state index contributed by atoms with van der Waals surface area (Å²) < 4.78 is 39.0. The standard InChI is InChI=1S/C19H20N2O6S/c1-12-4-6-15(26-2)14(10-12)20-28(24,25)17-11-13(5-7-16(17)27-3)21-18(22)8-9-19(21)23/h4-7,10-11,20H,8-9H2,1-3H3. The minimum atomic E-state index is -4.10. The zero-order valence-electron chi connectivity index (χ0n) is 15.7. The maximum Gasteiger partial charge on any atom is 0.265 e. The first-order valence-corrected chi connectivity index (χ1v) is 9.96. The van der Waals surface area contributed by atoms with Crippen LogP contribution in [-0.4, -0.2) is 34.5 Å². The number of sulfonamides is 1. The Morgan fingerprint density at radius 2 is 1.54 bits per heavy atom. The largest absolute Gasteiger partial charge is 0.495 e. The third-order valence-electron chi connectivity index (χ3n) is 4.35. The number of nitrogens with one attached hydrogen (secondary N) is 1. The highest BCUT2D eigenvalue weighted by Gasteiger charge is 2.32. The topological polar surface area (TPSA) is 102 Å². The molecular formula is C19H20N2O6S. The number of nitrogens with zero attached hydrogens (tertiary/aromatic N) is 1. The summed E-state index contributed by atoms with van der Waals surface area (Å²) in [4.78, 5) is 24.8. The van der Waals surface area contributed by atoms with Crippen molar-refractivity contribution in [2.75, 3.05) is 23.8 Å². The fraction of sp³-hybridized carbons (Fsp3) is 0.263. The summed E-state index contributed by atoms with van der Waals surface area (Å²) in [6.07, 6.45) is 0.206. The number of aryl methyl sites for hydroxylation is 1. The highest BCUT2D eigenvalue weighted by Crippen LogP contribution is 2.34. The van der Waals surface area contributed by atoms with Gasteiger partial charge in [-0.1, -0.05) is 6.07 Å². The second-order valence-corrected chi connectivity index (χ2v) is 7.92. The molecule has 0 unspecified atom stereocenters. The quantitative estimate of drug-likeness (QED) is 0.742. The number of anilines is 2. The first kappa shape index (κ1) is 19.7. The summed E-state index contributed by atoms with van der Waals surface area (Å²) in [5.74, 6) is -0.296. The third-order valence-corrected chi connectivity index (χ3v) is 5.73. The summed E-state index contributed by atoms with van der Waals surface area (Å²) in [5.41, 5.74) is 1.29. The van der Waals surface area contributed by atoms with Crippen molar-refractivity contribution < 1.29 is 27.5 Å². The number of imide groups is 1. The molecular weight excluding hydrogens is 384 g/mol. The van der Waals surface area contributed by atoms with Crippen LogP contribution in [0.1, 0.15) is 18.4 Å². The van der Waals surface area contributed by atoms with Gasteiger partial charge in [0.15, 0.2) is 0 Å². The second kappa shape index (κ2) is 7.51. The summed E-state index contributed by atoms with van der Waals surface area (Å²) in [6, 6.07) is 9.23. The third kappa shape index (κ3) is 3.65. The zero-order valence-corrected chi connectivity index (χ0v) is 16.5. The molecule has 2 amide bonds. The first-order chi connectivity index (χ1) is 13.3. The van der Waals surface area contributed by atoms with E-state index >= 15 is 0 Å². The van der Waals surface area contributed by atoms with Crippen LogP contribution < -0.4 is 19.1 Å². The van der Waals surface area contributed by atoms with Gasteiger partial charge in [-0.05, 0) is 42.8 Å². The lowest BCUT2D eigenvalue weighted by atomic mass is 10.2. The van der Waals surface area contributed by atoms with Gasteiger partial charge in [0.2, 0.25) is 11.8 Å². The Morgan fingerprint density at radius 1 is 0.929 bits per heavy atom. The van der Waals surface area contributed by atoms with Gasteiger partial charge in [0.05, 0.1) is 25.6 Å². The van der Waals surface area contributed by atoms with Crippen molar-refractivity contribution in [1.29, 1.82) is 0 Å². The molecule has 0 aromatic heterocycles. The molecule has 1 fully saturated rings. The lowest BCUT2D eigenvalue weighted by Gasteiger charge is -2.18. The van der Waals surface area contributed by atoms with Gasteiger partial charge in [0.25, 0.3) is 10.0 Å². The summed E-state index contributed by atoms with van der Waals surface area (Å²) in [7, 11) is -1.32. The number of ether oxygens (including phenoxy) is 2. The van der Waals surface area contributed by atoms with E-state index in [1.807, 2.05) is 6.92 Å². The van der Waals surface area contributed by atoms with E-state index in [-0.39, 0.29) is 46.7 Å². The average molecular weight is 404 g/mol. The zero-order chi connectivity index (χ0) is 20.5. The maximum atomic E-state index is 13.1. The summed E-state index contributed by atoms with van der Waals surface area (Å²) >= 11 is 0. The molecule has 3 rings (SSSR count). The number of carbonyl (C=O) groups is 2. The van der Waals surface area contributed by atoms with E-state index in [0.717, 1.165) is 10.5 Å². The van der Waals surface area contributed by atoms with Gasteiger partial charge in [-0.3, -0.25) is 19.2 Å². The first-order valence-electron chi connectivity index (χ1n) is 8.48. The fourth-order valence-electron chi connectivity index (χ4n) is 2.98. The number of rotatable bonds is 6. The molecule has 0 radical (unpaired) electrons. The Morgan fingerprint density at radius 3 is 2.14 bits per heavy atom. The number of amides is 2. The predicted molar refractivity (Wildman–Crippen MR) is 103 cm³/mol. The molecule has 1 N–H and O–H groups in total. The molecule has 9 heteroatoms. The van der Waals surface area contributed by atoms with Crippen LogP contribution in [-0.2, 0) is 19.6 Å². The smallest absolute Gasteiger partial charge is 0.265 e. The van der Waals surface area contributed by atoms with Gasteiger partial charge in [-0.25, -0.2) is 8.42 Å². The van der Waals surface area contributed by atoms with E-state index in [9.17, 15) is 18.0 Å². The van der Waals surface area contributed by atoms with E-state index < -0.39 is 10.0 Å². The molecule has 28 heavy (non-hydrogen) atoms. The van der Waals surface area contributed by atoms with E-state index in [2.05, 4.69) is 4.72 Å². The molecule has 1 saturated heterocycles. The van der Waals surface area contributed by atoms with E-state index in [1.165, 1.54) is 32.4 Å². The minimum absolute atomic E-state index is 0.0852. The normalized spacial score (nSPS) is 14.3. The Bertz CT molecular complexity index is 1030. The van der Waals surface area contributed by atoms with Gasteiger partial charge < -0.3 is 9.47 Å². The highest BCUT2D eigenvalue weighted by molar-refractivity contribution is 7.92. The van der Waals surface area contributed by atoms with Crippen molar-refractivity contribution in [3.8, 4) is 11.5 Å². The molecule has 0 atom stereocenters. The fourth-order valence-corrected chi connectivity index (χ4v) is 4.23. The van der Waals surface area contributed by atoms with Crippen LogP contribution >= 0.6 is 0 Å². The summed E-state index contributed by atoms with van der Waals surface area (Å²) in [6.45, 7) is 1.82. The molecule has 1 aliphatic rings. The number of carbonyl (C=O) groups excluding carboxylic acids is 2. The van der Waals surface area contributed by atoms with Crippen molar-refractivity contribution in [3.05, 3.63) is 42.0 Å². The molecule has 1 aliphatic heterocycles. The van der Waals surface area contributed by atoms with Crippen molar-refractivity contribution in [1.82, 2.24) is 0 Å². The Kier molecular flexibility index (Phi) is 5.28. The van der Waals surface area contributed by atoms with Crippen LogP contribution in [0.2, 0.25) is 0 Å². The lowest BCUT2D eigenvalue weighted by Crippen LogP contribution is -2.28. The van der Waals surface area contributed by atoms with Gasteiger partial charge >= 0.3 is 0 Å². The lowest BCUT2D eigenvalue weighted by molar-refractivity contribution is -0.121. The van der Waals surface area contributed by atoms with Gasteiger partial charge in [0.1, 0.15) is 16.4 Å². The molecule has 2 aromatic carbocycles. The van der Waals surface area contributed by atoms with Crippen molar-refractivity contribution >= 4 is 33.2 Å². The minimum Gasteiger partial charge on any atom is -0.495 e. The SMILES string of the molecule is COc1ccc(C)cc1NS(=O)(=O)c1cc(N2C(=O)CCC2=O)ccc1OC. The number of benzene rings is 2. The van der Waals surface area contributed by atoms with Gasteiger partial charge in [0, 0.05) is 12.8 Å². The van der Waals surface area contributed by atoms with Crippen LogP contribution in [0.5, 0.6) is 11.5 Å². The molecule has 0 bridgehead atoms. The molecule has 1 heterocycles. The summed E-state index contributed by atoms with van der Waals surface area (Å²) in [5, 5.41) is 0.